The minimum Gasteiger partial charge on any atom is -0.0616 e. The van der Waals surface area contributed by atoms with Gasteiger partial charge in [0, 0.05) is 0 Å². The summed E-state index contributed by atoms with van der Waals surface area (Å²) < 4.78 is 0. The fourth-order valence-corrected chi connectivity index (χ4v) is 1.70. The third-order valence-corrected chi connectivity index (χ3v) is 2.52. The molecule has 1 radical (unpaired) electrons. The van der Waals surface area contributed by atoms with Crippen molar-refractivity contribution in [2.24, 2.45) is 0 Å². The minimum atomic E-state index is 0.897. The second-order valence-electron chi connectivity index (χ2n) is 3.41. The number of fused-ring (bicyclic) bond motifs is 1. The lowest BCUT2D eigenvalue weighted by atomic mass is 9.98. The summed E-state index contributed by atoms with van der Waals surface area (Å²) >= 11 is 0. The van der Waals surface area contributed by atoms with E-state index < -0.39 is 0 Å². The van der Waals surface area contributed by atoms with Gasteiger partial charge < -0.3 is 0 Å². The van der Waals surface area contributed by atoms with E-state index in [9.17, 15) is 0 Å². The molecule has 0 bridgehead atoms. The SMILES string of the molecule is [CH]=C(CC)c1cccc2ccccc12. The van der Waals surface area contributed by atoms with Crippen LogP contribution in [0.5, 0.6) is 0 Å². The number of hydrogen-bond donors (Lipinski definition) is 0. The van der Waals surface area contributed by atoms with E-state index in [1.165, 1.54) is 16.3 Å². The van der Waals surface area contributed by atoms with Crippen LogP contribution in [0.25, 0.3) is 16.3 Å². The number of allylic oxidation sites excluding steroid dienone is 1. The van der Waals surface area contributed by atoms with Crippen LogP contribution in [0.4, 0.5) is 0 Å². The second kappa shape index (κ2) is 3.67. The molecule has 2 aromatic carbocycles. The Balaban J connectivity index is 2.71. The van der Waals surface area contributed by atoms with Crippen LogP contribution in [-0.4, -0.2) is 0 Å². The van der Waals surface area contributed by atoms with Gasteiger partial charge in [0.1, 0.15) is 0 Å². The fourth-order valence-electron chi connectivity index (χ4n) is 1.70. The van der Waals surface area contributed by atoms with Crippen molar-refractivity contribution in [3.05, 3.63) is 54.6 Å². The lowest BCUT2D eigenvalue weighted by molar-refractivity contribution is 1.25. The van der Waals surface area contributed by atoms with E-state index in [1.807, 2.05) is 6.07 Å². The zero-order valence-electron chi connectivity index (χ0n) is 8.33. The predicted octanol–water partition coefficient (Wildman–Crippen LogP) is 4.07. The van der Waals surface area contributed by atoms with Gasteiger partial charge >= 0.3 is 0 Å². The molecule has 0 saturated carbocycles. The van der Waals surface area contributed by atoms with Gasteiger partial charge in [0.25, 0.3) is 0 Å². The fraction of sp³-hybridized carbons (Fsp3) is 0.143. The van der Waals surface area contributed by atoms with Gasteiger partial charge in [-0.1, -0.05) is 56.0 Å². The highest BCUT2D eigenvalue weighted by Gasteiger charge is 2.01. The number of benzene rings is 2. The van der Waals surface area contributed by atoms with E-state index in [2.05, 4.69) is 43.3 Å². The third-order valence-electron chi connectivity index (χ3n) is 2.52. The minimum absolute atomic E-state index is 0.897. The molecule has 0 nitrogen and oxygen atoms in total. The third kappa shape index (κ3) is 1.44. The lowest BCUT2D eigenvalue weighted by Crippen LogP contribution is -1.83. The highest BCUT2D eigenvalue weighted by molar-refractivity contribution is 5.93. The number of rotatable bonds is 2. The zero-order chi connectivity index (χ0) is 9.97. The molecule has 0 spiro atoms. The van der Waals surface area contributed by atoms with Gasteiger partial charge in [-0.3, -0.25) is 0 Å². The van der Waals surface area contributed by atoms with Crippen LogP contribution in [0.15, 0.2) is 42.5 Å². The Morgan fingerprint density at radius 3 is 2.57 bits per heavy atom. The van der Waals surface area contributed by atoms with Crippen molar-refractivity contribution >= 4 is 16.3 Å². The maximum Gasteiger partial charge on any atom is -0.0109 e. The van der Waals surface area contributed by atoms with Gasteiger partial charge in [-0.05, 0) is 28.3 Å². The van der Waals surface area contributed by atoms with Crippen LogP contribution in [0.3, 0.4) is 0 Å². The molecule has 2 aromatic rings. The molecule has 0 aliphatic carbocycles. The monoisotopic (exact) mass is 181 g/mol. The van der Waals surface area contributed by atoms with Crippen molar-refractivity contribution in [1.29, 1.82) is 0 Å². The topological polar surface area (TPSA) is 0 Å². The average molecular weight is 181 g/mol. The van der Waals surface area contributed by atoms with E-state index in [0.29, 0.717) is 0 Å². The first kappa shape index (κ1) is 9.01. The zero-order valence-corrected chi connectivity index (χ0v) is 8.33. The van der Waals surface area contributed by atoms with Gasteiger partial charge in [-0.25, -0.2) is 0 Å². The molecule has 2 rings (SSSR count). The Hall–Kier alpha value is -1.56. The van der Waals surface area contributed by atoms with Crippen LogP contribution in [-0.2, 0) is 0 Å². The normalized spacial score (nSPS) is 10.4. The Morgan fingerprint density at radius 1 is 1.07 bits per heavy atom. The van der Waals surface area contributed by atoms with Crippen molar-refractivity contribution in [2.75, 3.05) is 0 Å². The molecule has 0 aliphatic heterocycles. The molecule has 0 N–H and O–H groups in total. The first-order valence-electron chi connectivity index (χ1n) is 4.92. The van der Waals surface area contributed by atoms with Crippen molar-refractivity contribution < 1.29 is 0 Å². The van der Waals surface area contributed by atoms with Gasteiger partial charge in [-0.15, -0.1) is 0 Å². The molecule has 69 valence electrons. The van der Waals surface area contributed by atoms with E-state index in [-0.39, 0.29) is 0 Å². The maximum absolute atomic E-state index is 5.98. The van der Waals surface area contributed by atoms with E-state index >= 15 is 0 Å². The molecule has 0 unspecified atom stereocenters. The molecule has 0 saturated heterocycles. The molecule has 14 heavy (non-hydrogen) atoms. The van der Waals surface area contributed by atoms with Crippen molar-refractivity contribution in [1.82, 2.24) is 0 Å². The number of hydrogen-bond acceptors (Lipinski definition) is 0. The predicted molar refractivity (Wildman–Crippen MR) is 61.9 cm³/mol. The van der Waals surface area contributed by atoms with E-state index in [0.717, 1.165) is 12.0 Å². The first-order chi connectivity index (χ1) is 6.83. The summed E-state index contributed by atoms with van der Waals surface area (Å²) in [7, 11) is 0. The van der Waals surface area contributed by atoms with Crippen LogP contribution in [0.2, 0.25) is 0 Å². The molecule has 0 fully saturated rings. The summed E-state index contributed by atoms with van der Waals surface area (Å²) in [5.74, 6) is 0. The molecular formula is C14H13. The molecule has 0 amide bonds. The van der Waals surface area contributed by atoms with Gasteiger partial charge in [0.05, 0.1) is 0 Å². The Bertz CT molecular complexity index is 461. The average Bonchev–Trinajstić information content (AvgIpc) is 2.27. The highest BCUT2D eigenvalue weighted by Crippen LogP contribution is 2.25. The molecular weight excluding hydrogens is 168 g/mol. The van der Waals surface area contributed by atoms with Gasteiger partial charge in [0.2, 0.25) is 0 Å². The summed E-state index contributed by atoms with van der Waals surface area (Å²) in [4.78, 5) is 0. The van der Waals surface area contributed by atoms with Gasteiger partial charge in [-0.2, -0.15) is 0 Å². The molecule has 0 atom stereocenters. The summed E-state index contributed by atoms with van der Waals surface area (Å²) in [6.45, 7) is 8.06. The van der Waals surface area contributed by atoms with E-state index in [1.54, 1.807) is 0 Å². The summed E-state index contributed by atoms with van der Waals surface area (Å²) in [5, 5.41) is 2.50. The van der Waals surface area contributed by atoms with Crippen LogP contribution in [0, 0.1) is 6.58 Å². The Morgan fingerprint density at radius 2 is 1.79 bits per heavy atom. The van der Waals surface area contributed by atoms with Crippen molar-refractivity contribution in [2.45, 2.75) is 13.3 Å². The Labute approximate surface area is 84.9 Å². The van der Waals surface area contributed by atoms with Crippen molar-refractivity contribution in [3.8, 4) is 0 Å². The van der Waals surface area contributed by atoms with Crippen LogP contribution < -0.4 is 0 Å². The van der Waals surface area contributed by atoms with Crippen molar-refractivity contribution in [3.63, 3.8) is 0 Å². The highest BCUT2D eigenvalue weighted by atomic mass is 14.1. The summed E-state index contributed by atoms with van der Waals surface area (Å²) in [6.07, 6.45) is 0.897. The van der Waals surface area contributed by atoms with Crippen LogP contribution in [0.1, 0.15) is 18.9 Å². The second-order valence-corrected chi connectivity index (χ2v) is 3.41. The molecule has 0 aliphatic rings. The smallest absolute Gasteiger partial charge is 0.0109 e. The molecule has 0 heterocycles. The summed E-state index contributed by atoms with van der Waals surface area (Å²) in [5.41, 5.74) is 2.13. The summed E-state index contributed by atoms with van der Waals surface area (Å²) in [6, 6.07) is 14.6. The Kier molecular flexibility index (Phi) is 2.36. The lowest BCUT2D eigenvalue weighted by Gasteiger charge is -2.06. The largest absolute Gasteiger partial charge is 0.0616 e. The van der Waals surface area contributed by atoms with Crippen LogP contribution >= 0.6 is 0 Å². The maximum atomic E-state index is 5.98. The molecule has 0 aromatic heterocycles. The quantitative estimate of drug-likeness (QED) is 0.655. The van der Waals surface area contributed by atoms with E-state index in [4.69, 9.17) is 6.58 Å². The molecule has 0 heteroatoms. The standard InChI is InChI=1S/C14H13/c1-3-11(2)13-10-6-8-12-7-4-5-9-14(12)13/h2,4-10H,3H2,1H3. The van der Waals surface area contributed by atoms with Gasteiger partial charge in [0.15, 0.2) is 0 Å². The first-order valence-corrected chi connectivity index (χ1v) is 4.92.